The fourth-order valence-electron chi connectivity index (χ4n) is 1.92. The second kappa shape index (κ2) is 6.19. The first-order chi connectivity index (χ1) is 9.58. The number of nitrogens with zero attached hydrogens (tertiary/aromatic N) is 2. The Bertz CT molecular complexity index is 564. The third-order valence-electron chi connectivity index (χ3n) is 3.05. The number of benzene rings is 1. The first-order valence-corrected chi connectivity index (χ1v) is 6.57. The largest absolute Gasteiger partial charge is 0.377 e. The molecule has 4 nitrogen and oxygen atoms in total. The van der Waals surface area contributed by atoms with Crippen LogP contribution in [0.4, 0.5) is 5.69 Å². The molecule has 0 saturated heterocycles. The van der Waals surface area contributed by atoms with Crippen LogP contribution in [0.15, 0.2) is 48.7 Å². The number of nitrogens with one attached hydrogen (secondary N) is 1. The highest BCUT2D eigenvalue weighted by Gasteiger charge is 2.09. The molecule has 0 fully saturated rings. The summed E-state index contributed by atoms with van der Waals surface area (Å²) in [7, 11) is 3.50. The fraction of sp³-hybridized carbons (Fsp3) is 0.250. The van der Waals surface area contributed by atoms with Crippen LogP contribution >= 0.6 is 0 Å². The van der Waals surface area contributed by atoms with Gasteiger partial charge in [0, 0.05) is 31.5 Å². The maximum absolute atomic E-state index is 11.8. The summed E-state index contributed by atoms with van der Waals surface area (Å²) in [6, 6.07) is 13.5. The van der Waals surface area contributed by atoms with Gasteiger partial charge in [0.25, 0.3) is 5.91 Å². The van der Waals surface area contributed by atoms with Gasteiger partial charge >= 0.3 is 0 Å². The number of carbonyl (C=O) groups excluding carboxylic acids is 1. The van der Waals surface area contributed by atoms with Gasteiger partial charge in [-0.25, -0.2) is 0 Å². The molecule has 0 aliphatic heterocycles. The van der Waals surface area contributed by atoms with Crippen LogP contribution < -0.4 is 5.32 Å². The first kappa shape index (κ1) is 14.1. The van der Waals surface area contributed by atoms with Crippen molar-refractivity contribution >= 4 is 11.6 Å². The molecule has 20 heavy (non-hydrogen) atoms. The van der Waals surface area contributed by atoms with Crippen LogP contribution in [-0.2, 0) is 0 Å². The molecule has 1 aromatic carbocycles. The monoisotopic (exact) mass is 269 g/mol. The molecule has 104 valence electrons. The number of hydrogen-bond donors (Lipinski definition) is 1. The number of rotatable bonds is 4. The zero-order valence-corrected chi connectivity index (χ0v) is 12.0. The van der Waals surface area contributed by atoms with Crippen LogP contribution in [0.25, 0.3) is 0 Å². The Labute approximate surface area is 119 Å². The van der Waals surface area contributed by atoms with E-state index in [2.05, 4.69) is 17.2 Å². The SMILES string of the molecule is CC(Nc1ccc(C(=O)N(C)C)cc1)c1ccccn1. The quantitative estimate of drug-likeness (QED) is 0.928. The molecule has 1 unspecified atom stereocenters. The minimum atomic E-state index is 0.00863. The van der Waals surface area contributed by atoms with Crippen LogP contribution in [0.1, 0.15) is 29.0 Å². The van der Waals surface area contributed by atoms with Gasteiger partial charge in [-0.15, -0.1) is 0 Å². The van der Waals surface area contributed by atoms with E-state index in [0.29, 0.717) is 5.56 Å². The van der Waals surface area contributed by atoms with Crippen LogP contribution in [-0.4, -0.2) is 29.9 Å². The normalized spacial score (nSPS) is 11.8. The minimum Gasteiger partial charge on any atom is -0.377 e. The third kappa shape index (κ3) is 3.35. The van der Waals surface area contributed by atoms with Gasteiger partial charge in [0.15, 0.2) is 0 Å². The van der Waals surface area contributed by atoms with E-state index in [1.165, 1.54) is 0 Å². The van der Waals surface area contributed by atoms with E-state index in [1.54, 1.807) is 25.2 Å². The van der Waals surface area contributed by atoms with E-state index < -0.39 is 0 Å². The van der Waals surface area contributed by atoms with Crippen molar-refractivity contribution in [3.8, 4) is 0 Å². The Morgan fingerprint density at radius 2 is 1.85 bits per heavy atom. The van der Waals surface area contributed by atoms with Crippen molar-refractivity contribution in [3.05, 3.63) is 59.9 Å². The minimum absolute atomic E-state index is 0.00863. The Morgan fingerprint density at radius 1 is 1.15 bits per heavy atom. The van der Waals surface area contributed by atoms with E-state index in [-0.39, 0.29) is 11.9 Å². The molecule has 0 aliphatic carbocycles. The van der Waals surface area contributed by atoms with Gasteiger partial charge in [-0.2, -0.15) is 0 Å². The van der Waals surface area contributed by atoms with Crippen molar-refractivity contribution in [1.82, 2.24) is 9.88 Å². The number of amides is 1. The molecular formula is C16H19N3O. The lowest BCUT2D eigenvalue weighted by atomic mass is 10.1. The number of aromatic nitrogens is 1. The van der Waals surface area contributed by atoms with Gasteiger partial charge in [-0.3, -0.25) is 9.78 Å². The summed E-state index contributed by atoms with van der Waals surface area (Å²) in [6.45, 7) is 2.06. The second-order valence-electron chi connectivity index (χ2n) is 4.90. The summed E-state index contributed by atoms with van der Waals surface area (Å²) >= 11 is 0. The summed E-state index contributed by atoms with van der Waals surface area (Å²) in [5, 5.41) is 3.37. The first-order valence-electron chi connectivity index (χ1n) is 6.57. The van der Waals surface area contributed by atoms with Crippen LogP contribution in [0.5, 0.6) is 0 Å². The number of pyridine rings is 1. The zero-order chi connectivity index (χ0) is 14.5. The molecule has 0 aliphatic rings. The van der Waals surface area contributed by atoms with Gasteiger partial charge in [-0.1, -0.05) is 6.07 Å². The molecule has 0 bridgehead atoms. The Kier molecular flexibility index (Phi) is 4.35. The van der Waals surface area contributed by atoms with Crippen LogP contribution in [0.2, 0.25) is 0 Å². The number of hydrogen-bond acceptors (Lipinski definition) is 3. The maximum atomic E-state index is 11.8. The average molecular weight is 269 g/mol. The average Bonchev–Trinajstić information content (AvgIpc) is 2.48. The van der Waals surface area contributed by atoms with E-state index in [9.17, 15) is 4.79 Å². The lowest BCUT2D eigenvalue weighted by Crippen LogP contribution is -2.21. The molecule has 0 saturated carbocycles. The van der Waals surface area contributed by atoms with E-state index in [0.717, 1.165) is 11.4 Å². The molecule has 1 atom stereocenters. The summed E-state index contributed by atoms with van der Waals surface area (Å²) in [6.07, 6.45) is 1.78. The predicted molar refractivity (Wildman–Crippen MR) is 80.7 cm³/mol. The van der Waals surface area contributed by atoms with E-state index in [1.807, 2.05) is 42.5 Å². The molecule has 1 heterocycles. The summed E-state index contributed by atoms with van der Waals surface area (Å²) in [5.41, 5.74) is 2.64. The van der Waals surface area contributed by atoms with Crippen LogP contribution in [0.3, 0.4) is 0 Å². The van der Waals surface area contributed by atoms with Crippen molar-refractivity contribution in [2.24, 2.45) is 0 Å². The van der Waals surface area contributed by atoms with Gasteiger partial charge in [-0.05, 0) is 43.3 Å². The highest BCUT2D eigenvalue weighted by atomic mass is 16.2. The topological polar surface area (TPSA) is 45.2 Å². The van der Waals surface area contributed by atoms with Crippen LogP contribution in [0, 0.1) is 0 Å². The summed E-state index contributed by atoms with van der Waals surface area (Å²) in [4.78, 5) is 17.7. The Morgan fingerprint density at radius 3 is 2.40 bits per heavy atom. The van der Waals surface area contributed by atoms with Crippen molar-refractivity contribution in [2.45, 2.75) is 13.0 Å². The number of anilines is 1. The van der Waals surface area contributed by atoms with Gasteiger partial charge in [0.05, 0.1) is 11.7 Å². The lowest BCUT2D eigenvalue weighted by molar-refractivity contribution is 0.0827. The van der Waals surface area contributed by atoms with Gasteiger partial charge in [0.2, 0.25) is 0 Å². The Hall–Kier alpha value is -2.36. The maximum Gasteiger partial charge on any atom is 0.253 e. The number of carbonyl (C=O) groups is 1. The molecule has 2 aromatic rings. The lowest BCUT2D eigenvalue weighted by Gasteiger charge is -2.15. The standard InChI is InChI=1S/C16H19N3O/c1-12(15-6-4-5-11-17-15)18-14-9-7-13(8-10-14)16(20)19(2)3/h4-12,18H,1-3H3. The van der Waals surface area contributed by atoms with Crippen molar-refractivity contribution in [2.75, 3.05) is 19.4 Å². The summed E-state index contributed by atoms with van der Waals surface area (Å²) in [5.74, 6) is 0.00863. The zero-order valence-electron chi connectivity index (χ0n) is 12.0. The molecule has 0 spiro atoms. The molecule has 1 N–H and O–H groups in total. The van der Waals surface area contributed by atoms with Gasteiger partial charge < -0.3 is 10.2 Å². The van der Waals surface area contributed by atoms with E-state index >= 15 is 0 Å². The Balaban J connectivity index is 2.06. The highest BCUT2D eigenvalue weighted by molar-refractivity contribution is 5.94. The van der Waals surface area contributed by atoms with E-state index in [4.69, 9.17) is 0 Å². The van der Waals surface area contributed by atoms with Crippen molar-refractivity contribution < 1.29 is 4.79 Å². The summed E-state index contributed by atoms with van der Waals surface area (Å²) < 4.78 is 0. The molecule has 2 rings (SSSR count). The van der Waals surface area contributed by atoms with Crippen molar-refractivity contribution in [3.63, 3.8) is 0 Å². The second-order valence-corrected chi connectivity index (χ2v) is 4.90. The third-order valence-corrected chi connectivity index (χ3v) is 3.05. The highest BCUT2D eigenvalue weighted by Crippen LogP contribution is 2.18. The molecule has 1 aromatic heterocycles. The smallest absolute Gasteiger partial charge is 0.253 e. The fourth-order valence-corrected chi connectivity index (χ4v) is 1.92. The molecule has 4 heteroatoms. The predicted octanol–water partition coefficient (Wildman–Crippen LogP) is 2.96. The molecule has 1 amide bonds. The van der Waals surface area contributed by atoms with Crippen molar-refractivity contribution in [1.29, 1.82) is 0 Å². The van der Waals surface area contributed by atoms with Gasteiger partial charge in [0.1, 0.15) is 0 Å². The molecule has 0 radical (unpaired) electrons. The molecular weight excluding hydrogens is 250 g/mol.